The number of carbonyl (C=O) groups excluding carboxylic acids is 2. The molecule has 1 saturated heterocycles. The van der Waals surface area contributed by atoms with Crippen LogP contribution in [-0.4, -0.2) is 22.4 Å². The van der Waals surface area contributed by atoms with Crippen LogP contribution < -0.4 is 4.74 Å². The van der Waals surface area contributed by atoms with Crippen molar-refractivity contribution in [3.05, 3.63) is 81.7 Å². The van der Waals surface area contributed by atoms with Gasteiger partial charge in [0.15, 0.2) is 0 Å². The second-order valence-electron chi connectivity index (χ2n) is 6.78. The van der Waals surface area contributed by atoms with Crippen LogP contribution in [0.3, 0.4) is 0 Å². The quantitative estimate of drug-likeness (QED) is 0.284. The summed E-state index contributed by atoms with van der Waals surface area (Å²) in [4.78, 5) is 26.1. The van der Waals surface area contributed by atoms with Gasteiger partial charge in [-0.05, 0) is 65.9 Å². The maximum Gasteiger partial charge on any atom is 0.573 e. The lowest BCUT2D eigenvalue weighted by atomic mass is 10.2. The molecule has 0 saturated carbocycles. The summed E-state index contributed by atoms with van der Waals surface area (Å²) >= 11 is 6.70. The van der Waals surface area contributed by atoms with Crippen molar-refractivity contribution in [3.8, 4) is 17.1 Å². The normalized spacial score (nSPS) is 15.5. The van der Waals surface area contributed by atoms with E-state index in [1.165, 1.54) is 30.3 Å². The van der Waals surface area contributed by atoms with Gasteiger partial charge in [-0.3, -0.25) is 14.5 Å². The van der Waals surface area contributed by atoms with E-state index in [9.17, 15) is 27.2 Å². The van der Waals surface area contributed by atoms with Gasteiger partial charge in [-0.25, -0.2) is 4.39 Å². The molecule has 170 valence electrons. The van der Waals surface area contributed by atoms with Crippen LogP contribution in [0, 0.1) is 5.82 Å². The summed E-state index contributed by atoms with van der Waals surface area (Å²) in [6.07, 6.45) is -3.40. The Bertz CT molecular complexity index is 1250. The zero-order valence-electron chi connectivity index (χ0n) is 16.4. The first-order valence-electron chi connectivity index (χ1n) is 9.24. The van der Waals surface area contributed by atoms with Gasteiger partial charge < -0.3 is 9.15 Å². The Morgan fingerprint density at radius 3 is 2.45 bits per heavy atom. The molecule has 11 heteroatoms. The van der Waals surface area contributed by atoms with Gasteiger partial charge in [0.1, 0.15) is 23.1 Å². The molecule has 5 nitrogen and oxygen atoms in total. The molecule has 2 heterocycles. The van der Waals surface area contributed by atoms with Crippen molar-refractivity contribution in [2.24, 2.45) is 0 Å². The Kier molecular flexibility index (Phi) is 6.22. The summed E-state index contributed by atoms with van der Waals surface area (Å²) in [5, 5.41) is -0.418. The largest absolute Gasteiger partial charge is 0.573 e. The van der Waals surface area contributed by atoms with Gasteiger partial charge in [-0.1, -0.05) is 17.7 Å². The van der Waals surface area contributed by atoms with Crippen molar-refractivity contribution in [3.63, 3.8) is 0 Å². The number of halogens is 5. The van der Waals surface area contributed by atoms with Gasteiger partial charge in [0.2, 0.25) is 0 Å². The molecule has 4 rings (SSSR count). The molecule has 2 aromatic carbocycles. The number of furan rings is 1. The predicted octanol–water partition coefficient (Wildman–Crippen LogP) is 6.87. The van der Waals surface area contributed by atoms with E-state index in [-0.39, 0.29) is 28.0 Å². The van der Waals surface area contributed by atoms with Gasteiger partial charge >= 0.3 is 6.36 Å². The third-order valence-corrected chi connectivity index (χ3v) is 5.75. The monoisotopic (exact) mass is 497 g/mol. The number of hydrogen-bond acceptors (Lipinski definition) is 5. The number of amides is 2. The topological polar surface area (TPSA) is 59.8 Å². The first-order valence-corrected chi connectivity index (χ1v) is 10.4. The minimum absolute atomic E-state index is 0.0976. The van der Waals surface area contributed by atoms with Crippen LogP contribution in [0.5, 0.6) is 5.75 Å². The van der Waals surface area contributed by atoms with E-state index in [0.717, 1.165) is 23.1 Å². The fraction of sp³-hybridized carbons (Fsp3) is 0.0909. The van der Waals surface area contributed by atoms with Crippen LogP contribution in [0.1, 0.15) is 11.3 Å². The first kappa shape index (κ1) is 22.9. The molecule has 33 heavy (non-hydrogen) atoms. The molecule has 1 aromatic heterocycles. The molecular weight excluding hydrogens is 486 g/mol. The summed E-state index contributed by atoms with van der Waals surface area (Å²) in [5.74, 6) is -0.845. The van der Waals surface area contributed by atoms with E-state index in [4.69, 9.17) is 16.0 Å². The Morgan fingerprint density at radius 1 is 1.06 bits per heavy atom. The van der Waals surface area contributed by atoms with Crippen LogP contribution in [0.2, 0.25) is 5.02 Å². The van der Waals surface area contributed by atoms with Crippen molar-refractivity contribution >= 4 is 40.6 Å². The molecule has 0 unspecified atom stereocenters. The molecular formula is C22H12ClF4NO4S. The molecule has 0 radical (unpaired) electrons. The Balaban J connectivity index is 1.49. The number of hydrogen-bond donors (Lipinski definition) is 0. The molecule has 0 N–H and O–H groups in total. The zero-order chi connectivity index (χ0) is 23.8. The second-order valence-corrected chi connectivity index (χ2v) is 8.18. The number of alkyl halides is 3. The van der Waals surface area contributed by atoms with E-state index < -0.39 is 23.3 Å². The third-order valence-electron chi connectivity index (χ3n) is 4.49. The van der Waals surface area contributed by atoms with Crippen LogP contribution in [0.15, 0.2) is 63.9 Å². The van der Waals surface area contributed by atoms with E-state index >= 15 is 0 Å². The van der Waals surface area contributed by atoms with E-state index in [1.54, 1.807) is 12.1 Å². The van der Waals surface area contributed by atoms with Gasteiger partial charge in [-0.15, -0.1) is 13.2 Å². The summed E-state index contributed by atoms with van der Waals surface area (Å²) in [6.45, 7) is -0.114. The molecule has 0 spiro atoms. The summed E-state index contributed by atoms with van der Waals surface area (Å²) < 4.78 is 59.5. The lowest BCUT2D eigenvalue weighted by molar-refractivity contribution is -0.274. The highest BCUT2D eigenvalue weighted by molar-refractivity contribution is 8.18. The van der Waals surface area contributed by atoms with Crippen LogP contribution in [-0.2, 0) is 11.3 Å². The van der Waals surface area contributed by atoms with Crippen molar-refractivity contribution in [1.29, 1.82) is 0 Å². The van der Waals surface area contributed by atoms with Crippen LogP contribution in [0.4, 0.5) is 22.4 Å². The molecule has 1 aliphatic heterocycles. The highest BCUT2D eigenvalue weighted by Crippen LogP contribution is 2.35. The number of rotatable bonds is 5. The number of imide groups is 1. The van der Waals surface area contributed by atoms with Gasteiger partial charge in [0.05, 0.1) is 11.4 Å². The molecule has 2 amide bonds. The number of carbonyl (C=O) groups is 2. The van der Waals surface area contributed by atoms with Crippen LogP contribution >= 0.6 is 23.4 Å². The van der Waals surface area contributed by atoms with Gasteiger partial charge in [0, 0.05) is 16.7 Å². The van der Waals surface area contributed by atoms with E-state index in [2.05, 4.69) is 4.74 Å². The SMILES string of the molecule is O=C1S/C(=C\c2ccc(-c3ccc(OC(F)(F)F)cc3)o2)C(=O)N1Cc1ccc(F)cc1Cl. The minimum Gasteiger partial charge on any atom is -0.457 e. The standard InChI is InChI=1S/C22H12ClF4NO4S/c23-17-9-14(24)4-1-13(17)11-28-20(29)19(33-21(28)30)10-16-7-8-18(31-16)12-2-5-15(6-3-12)32-22(25,26)27/h1-10H,11H2/b19-10-. The molecule has 0 aliphatic carbocycles. The number of ether oxygens (including phenoxy) is 1. The fourth-order valence-corrected chi connectivity index (χ4v) is 4.04. The molecule has 0 atom stereocenters. The Morgan fingerprint density at radius 2 is 1.79 bits per heavy atom. The minimum atomic E-state index is -4.79. The first-order chi connectivity index (χ1) is 15.6. The van der Waals surface area contributed by atoms with Crippen molar-refractivity contribution in [2.45, 2.75) is 12.9 Å². The summed E-state index contributed by atoms with van der Waals surface area (Å²) in [6, 6.07) is 11.9. The maximum absolute atomic E-state index is 13.2. The molecule has 1 fully saturated rings. The van der Waals surface area contributed by atoms with Crippen molar-refractivity contribution in [1.82, 2.24) is 4.90 Å². The second kappa shape index (κ2) is 8.95. The molecule has 0 bridgehead atoms. The van der Waals surface area contributed by atoms with Gasteiger partial charge in [0.25, 0.3) is 11.1 Å². The fourth-order valence-electron chi connectivity index (χ4n) is 2.99. The van der Waals surface area contributed by atoms with Crippen molar-refractivity contribution in [2.75, 3.05) is 0 Å². The lowest BCUT2D eigenvalue weighted by Gasteiger charge is -2.13. The number of thioether (sulfide) groups is 1. The molecule has 3 aromatic rings. The highest BCUT2D eigenvalue weighted by Gasteiger charge is 2.35. The summed E-state index contributed by atoms with van der Waals surface area (Å²) in [7, 11) is 0. The van der Waals surface area contributed by atoms with E-state index in [1.807, 2.05) is 0 Å². The van der Waals surface area contributed by atoms with E-state index in [0.29, 0.717) is 28.6 Å². The summed E-state index contributed by atoms with van der Waals surface area (Å²) in [5.41, 5.74) is 0.906. The Hall–Kier alpha value is -3.24. The van der Waals surface area contributed by atoms with Crippen molar-refractivity contribution < 1.29 is 36.3 Å². The zero-order valence-corrected chi connectivity index (χ0v) is 17.9. The average Bonchev–Trinajstić information content (AvgIpc) is 3.29. The number of nitrogens with zero attached hydrogens (tertiary/aromatic N) is 1. The third kappa shape index (κ3) is 5.40. The maximum atomic E-state index is 13.2. The molecule has 1 aliphatic rings. The predicted molar refractivity (Wildman–Crippen MR) is 114 cm³/mol. The van der Waals surface area contributed by atoms with Gasteiger partial charge in [-0.2, -0.15) is 0 Å². The Labute approximate surface area is 193 Å². The lowest BCUT2D eigenvalue weighted by Crippen LogP contribution is -2.27. The number of benzene rings is 2. The highest BCUT2D eigenvalue weighted by atomic mass is 35.5. The van der Waals surface area contributed by atoms with Crippen LogP contribution in [0.25, 0.3) is 17.4 Å². The average molecular weight is 498 g/mol. The smallest absolute Gasteiger partial charge is 0.457 e.